The fourth-order valence-electron chi connectivity index (χ4n) is 3.59. The number of nitrogens with one attached hydrogen (secondary N) is 1. The Morgan fingerprint density at radius 2 is 1.74 bits per heavy atom. The smallest absolute Gasteiger partial charge is 0.269 e. The number of nitrogens with zero attached hydrogens (tertiary/aromatic N) is 3. The summed E-state index contributed by atoms with van der Waals surface area (Å²) in [7, 11) is 0. The number of carbonyl (C=O) groups excluding carboxylic acids is 1. The molecule has 8 heteroatoms. The second-order valence-corrected chi connectivity index (χ2v) is 7.88. The fourth-order valence-corrected chi connectivity index (χ4v) is 3.59. The number of anilines is 1. The number of amides is 1. The quantitative estimate of drug-likeness (QED) is 0.287. The number of hydrogen-bond donors (Lipinski definition) is 1. The van der Waals surface area contributed by atoms with Gasteiger partial charge in [-0.1, -0.05) is 42.5 Å². The van der Waals surface area contributed by atoms with Crippen molar-refractivity contribution in [1.82, 2.24) is 9.78 Å². The van der Waals surface area contributed by atoms with Gasteiger partial charge in [-0.15, -0.1) is 0 Å². The van der Waals surface area contributed by atoms with Crippen molar-refractivity contribution in [3.8, 4) is 5.75 Å². The van der Waals surface area contributed by atoms with Gasteiger partial charge in [0.25, 0.3) is 11.6 Å². The van der Waals surface area contributed by atoms with Crippen molar-refractivity contribution in [2.45, 2.75) is 27.0 Å². The molecule has 0 aliphatic rings. The van der Waals surface area contributed by atoms with Crippen LogP contribution in [0.1, 0.15) is 32.9 Å². The molecule has 0 aliphatic heterocycles. The van der Waals surface area contributed by atoms with E-state index in [0.717, 1.165) is 22.6 Å². The molecule has 172 valence electrons. The largest absolute Gasteiger partial charge is 0.489 e. The van der Waals surface area contributed by atoms with E-state index in [-0.39, 0.29) is 11.6 Å². The number of benzene rings is 3. The highest BCUT2D eigenvalue weighted by molar-refractivity contribution is 6.04. The number of carbonyl (C=O) groups is 1. The van der Waals surface area contributed by atoms with E-state index in [4.69, 9.17) is 4.74 Å². The minimum Gasteiger partial charge on any atom is -0.489 e. The van der Waals surface area contributed by atoms with Crippen LogP contribution >= 0.6 is 0 Å². The topological polar surface area (TPSA) is 99.3 Å². The molecule has 1 heterocycles. The molecule has 1 aromatic heterocycles. The Hall–Kier alpha value is -4.46. The first-order valence-corrected chi connectivity index (χ1v) is 10.8. The third-order valence-corrected chi connectivity index (χ3v) is 5.44. The van der Waals surface area contributed by atoms with E-state index < -0.39 is 4.92 Å². The van der Waals surface area contributed by atoms with Crippen LogP contribution in [-0.4, -0.2) is 20.6 Å². The van der Waals surface area contributed by atoms with Gasteiger partial charge in [0.05, 0.1) is 28.5 Å². The lowest BCUT2D eigenvalue weighted by Crippen LogP contribution is -2.13. The standard InChI is InChI=1S/C26H24N4O4/c1-18-25(19(2)29(28-18)16-21-7-6-8-23(15-21)30(32)33)27-26(31)22-13-11-20(12-14-22)17-34-24-9-4-3-5-10-24/h3-15H,16-17H2,1-2H3,(H,27,31). The van der Waals surface area contributed by atoms with Gasteiger partial charge < -0.3 is 10.1 Å². The van der Waals surface area contributed by atoms with Gasteiger partial charge >= 0.3 is 0 Å². The molecule has 34 heavy (non-hydrogen) atoms. The maximum atomic E-state index is 12.8. The average molecular weight is 457 g/mol. The monoisotopic (exact) mass is 456 g/mol. The number of hydrogen-bond acceptors (Lipinski definition) is 5. The van der Waals surface area contributed by atoms with Crippen LogP contribution in [0, 0.1) is 24.0 Å². The zero-order chi connectivity index (χ0) is 24.1. The van der Waals surface area contributed by atoms with Crippen molar-refractivity contribution < 1.29 is 14.5 Å². The van der Waals surface area contributed by atoms with Gasteiger partial charge in [0.1, 0.15) is 12.4 Å². The molecule has 3 aromatic carbocycles. The molecule has 1 N–H and O–H groups in total. The molecule has 0 radical (unpaired) electrons. The van der Waals surface area contributed by atoms with Gasteiger partial charge in [-0.25, -0.2) is 0 Å². The number of aryl methyl sites for hydroxylation is 1. The summed E-state index contributed by atoms with van der Waals surface area (Å²) in [6.45, 7) is 4.45. The van der Waals surface area contributed by atoms with E-state index >= 15 is 0 Å². The van der Waals surface area contributed by atoms with Crippen LogP contribution in [0.4, 0.5) is 11.4 Å². The number of rotatable bonds is 8. The molecule has 4 rings (SSSR count). The first-order valence-electron chi connectivity index (χ1n) is 10.8. The normalized spacial score (nSPS) is 10.6. The molecule has 8 nitrogen and oxygen atoms in total. The van der Waals surface area contributed by atoms with Crippen LogP contribution in [0.5, 0.6) is 5.75 Å². The summed E-state index contributed by atoms with van der Waals surface area (Å²) in [5, 5.41) is 18.5. The predicted molar refractivity (Wildman–Crippen MR) is 129 cm³/mol. The third-order valence-electron chi connectivity index (χ3n) is 5.44. The van der Waals surface area contributed by atoms with Crippen LogP contribution in [0.25, 0.3) is 0 Å². The van der Waals surface area contributed by atoms with Crippen molar-refractivity contribution in [1.29, 1.82) is 0 Å². The van der Waals surface area contributed by atoms with Gasteiger partial charge in [-0.05, 0) is 49.2 Å². The molecular formula is C26H24N4O4. The van der Waals surface area contributed by atoms with Gasteiger partial charge in [-0.2, -0.15) is 5.10 Å². The molecule has 0 spiro atoms. The van der Waals surface area contributed by atoms with Crippen LogP contribution in [0.3, 0.4) is 0 Å². The van der Waals surface area contributed by atoms with Crippen molar-refractivity contribution in [2.75, 3.05) is 5.32 Å². The number of non-ortho nitro benzene ring substituents is 1. The van der Waals surface area contributed by atoms with Crippen molar-refractivity contribution >= 4 is 17.3 Å². The first kappa shape index (κ1) is 22.7. The van der Waals surface area contributed by atoms with E-state index in [9.17, 15) is 14.9 Å². The summed E-state index contributed by atoms with van der Waals surface area (Å²) in [6.07, 6.45) is 0. The molecule has 0 saturated carbocycles. The Kier molecular flexibility index (Phi) is 6.68. The van der Waals surface area contributed by atoms with E-state index in [1.165, 1.54) is 12.1 Å². The predicted octanol–water partition coefficient (Wildman–Crippen LogP) is 5.29. The average Bonchev–Trinajstić information content (AvgIpc) is 3.11. The minimum atomic E-state index is -0.421. The molecule has 0 saturated heterocycles. The molecule has 0 fully saturated rings. The van der Waals surface area contributed by atoms with E-state index in [2.05, 4.69) is 10.4 Å². The summed E-state index contributed by atoms with van der Waals surface area (Å²) in [4.78, 5) is 23.5. The SMILES string of the molecule is Cc1nn(Cc2cccc([N+](=O)[O-])c2)c(C)c1NC(=O)c1ccc(COc2ccccc2)cc1. The summed E-state index contributed by atoms with van der Waals surface area (Å²) >= 11 is 0. The van der Waals surface area contributed by atoms with Crippen molar-refractivity contribution in [3.05, 3.63) is 117 Å². The molecule has 0 unspecified atom stereocenters. The number of nitro benzene ring substituents is 1. The summed E-state index contributed by atoms with van der Waals surface area (Å²) in [5.41, 5.74) is 4.34. The van der Waals surface area contributed by atoms with Crippen LogP contribution in [0.15, 0.2) is 78.9 Å². The molecule has 0 atom stereocenters. The zero-order valence-electron chi connectivity index (χ0n) is 18.9. The van der Waals surface area contributed by atoms with Crippen LogP contribution in [0.2, 0.25) is 0 Å². The lowest BCUT2D eigenvalue weighted by molar-refractivity contribution is -0.384. The second-order valence-electron chi connectivity index (χ2n) is 7.88. The van der Waals surface area contributed by atoms with E-state index in [1.807, 2.05) is 62.4 Å². The Morgan fingerprint density at radius 3 is 2.44 bits per heavy atom. The van der Waals surface area contributed by atoms with Crippen LogP contribution in [-0.2, 0) is 13.2 Å². The number of para-hydroxylation sites is 1. The first-order chi connectivity index (χ1) is 16.4. The molecule has 4 aromatic rings. The van der Waals surface area contributed by atoms with E-state index in [1.54, 1.807) is 22.9 Å². The highest BCUT2D eigenvalue weighted by atomic mass is 16.6. The van der Waals surface area contributed by atoms with Crippen LogP contribution < -0.4 is 10.1 Å². The summed E-state index contributed by atoms with van der Waals surface area (Å²) in [6, 6.07) is 23.2. The molecule has 0 bridgehead atoms. The second kappa shape index (κ2) is 9.99. The molecule has 1 amide bonds. The maximum absolute atomic E-state index is 12.8. The number of aromatic nitrogens is 2. The van der Waals surface area contributed by atoms with Gasteiger partial charge in [0, 0.05) is 17.7 Å². The highest BCUT2D eigenvalue weighted by Crippen LogP contribution is 2.23. The number of ether oxygens (including phenoxy) is 1. The summed E-state index contributed by atoms with van der Waals surface area (Å²) in [5.74, 6) is 0.550. The Labute approximate surface area is 197 Å². The van der Waals surface area contributed by atoms with E-state index in [0.29, 0.717) is 30.1 Å². The minimum absolute atomic E-state index is 0.0326. The molecular weight excluding hydrogens is 432 g/mol. The van der Waals surface area contributed by atoms with Gasteiger partial charge in [0.2, 0.25) is 0 Å². The zero-order valence-corrected chi connectivity index (χ0v) is 18.9. The lowest BCUT2D eigenvalue weighted by atomic mass is 10.1. The Morgan fingerprint density at radius 1 is 1.00 bits per heavy atom. The number of nitro groups is 1. The summed E-state index contributed by atoms with van der Waals surface area (Å²) < 4.78 is 7.47. The third kappa shape index (κ3) is 5.29. The lowest BCUT2D eigenvalue weighted by Gasteiger charge is -2.09. The fraction of sp³-hybridized carbons (Fsp3) is 0.154. The maximum Gasteiger partial charge on any atom is 0.269 e. The highest BCUT2D eigenvalue weighted by Gasteiger charge is 2.16. The van der Waals surface area contributed by atoms with Crippen molar-refractivity contribution in [3.63, 3.8) is 0 Å². The Bertz CT molecular complexity index is 1310. The Balaban J connectivity index is 1.42. The van der Waals surface area contributed by atoms with Gasteiger partial charge in [0.15, 0.2) is 0 Å². The molecule has 0 aliphatic carbocycles. The van der Waals surface area contributed by atoms with Gasteiger partial charge in [-0.3, -0.25) is 19.6 Å². The van der Waals surface area contributed by atoms with Crippen molar-refractivity contribution in [2.24, 2.45) is 0 Å².